The molecule has 0 bridgehead atoms. The summed E-state index contributed by atoms with van der Waals surface area (Å²) in [6.45, 7) is 2.24. The van der Waals surface area contributed by atoms with E-state index in [1.165, 1.54) is 35.2 Å². The van der Waals surface area contributed by atoms with E-state index in [9.17, 15) is 0 Å². The molecular weight excluding hydrogens is 230 g/mol. The summed E-state index contributed by atoms with van der Waals surface area (Å²) in [5.41, 5.74) is 5.26. The lowest BCUT2D eigenvalue weighted by Crippen LogP contribution is -2.21. The molecule has 1 heteroatoms. The van der Waals surface area contributed by atoms with Gasteiger partial charge in [-0.2, -0.15) is 0 Å². The van der Waals surface area contributed by atoms with E-state index in [4.69, 9.17) is 0 Å². The smallest absolute Gasteiger partial charge is 0.0375 e. The molecule has 1 aliphatic heterocycles. The van der Waals surface area contributed by atoms with Crippen molar-refractivity contribution in [2.45, 2.75) is 25.8 Å². The molecule has 1 N–H and O–H groups in total. The monoisotopic (exact) mass is 249 g/mol. The second-order valence-electron chi connectivity index (χ2n) is 5.24. The summed E-state index contributed by atoms with van der Waals surface area (Å²) in [6.07, 6.45) is 6.75. The van der Waals surface area contributed by atoms with Crippen molar-refractivity contribution in [1.29, 1.82) is 0 Å². The van der Waals surface area contributed by atoms with Gasteiger partial charge in [-0.15, -0.1) is 0 Å². The molecule has 1 heterocycles. The zero-order valence-electron chi connectivity index (χ0n) is 11.3. The van der Waals surface area contributed by atoms with E-state index >= 15 is 0 Å². The third-order valence-electron chi connectivity index (χ3n) is 3.65. The molecule has 1 atom stereocenters. The summed E-state index contributed by atoms with van der Waals surface area (Å²) in [6, 6.07) is 17.7. The van der Waals surface area contributed by atoms with Gasteiger partial charge in [0.15, 0.2) is 0 Å². The van der Waals surface area contributed by atoms with Crippen LogP contribution in [0.25, 0.3) is 12.2 Å². The molecule has 1 nitrogen and oxygen atoms in total. The van der Waals surface area contributed by atoms with Crippen molar-refractivity contribution in [3.63, 3.8) is 0 Å². The van der Waals surface area contributed by atoms with Crippen molar-refractivity contribution in [2.75, 3.05) is 5.32 Å². The summed E-state index contributed by atoms with van der Waals surface area (Å²) >= 11 is 0. The summed E-state index contributed by atoms with van der Waals surface area (Å²) in [7, 11) is 0. The molecular formula is C18H19N. The predicted octanol–water partition coefficient (Wildman–Crippen LogP) is 4.60. The second-order valence-corrected chi connectivity index (χ2v) is 5.24. The van der Waals surface area contributed by atoms with Gasteiger partial charge >= 0.3 is 0 Å². The molecule has 3 rings (SSSR count). The van der Waals surface area contributed by atoms with Crippen LogP contribution in [0.3, 0.4) is 0 Å². The molecule has 0 saturated carbocycles. The van der Waals surface area contributed by atoms with Crippen LogP contribution < -0.4 is 5.32 Å². The summed E-state index contributed by atoms with van der Waals surface area (Å²) < 4.78 is 0. The summed E-state index contributed by atoms with van der Waals surface area (Å²) in [5, 5.41) is 3.54. The minimum atomic E-state index is 0.596. The molecule has 2 aromatic rings. The maximum absolute atomic E-state index is 3.54. The first-order valence-corrected chi connectivity index (χ1v) is 6.94. The standard InChI is InChI=1S/C18H19N/c1-14-7-11-17-13-16(10-12-18(17)19-14)9-8-15-5-3-2-4-6-15/h2-6,8-10,12-14,19H,7,11H2,1H3/b9-8+/t14-/m0/s1. The van der Waals surface area contributed by atoms with E-state index in [1.807, 2.05) is 6.07 Å². The lowest BCUT2D eigenvalue weighted by molar-refractivity contribution is 0.681. The Kier molecular flexibility index (Phi) is 3.37. The topological polar surface area (TPSA) is 12.0 Å². The Balaban J connectivity index is 1.81. The van der Waals surface area contributed by atoms with Gasteiger partial charge in [-0.1, -0.05) is 48.6 Å². The van der Waals surface area contributed by atoms with Crippen molar-refractivity contribution >= 4 is 17.8 Å². The van der Waals surface area contributed by atoms with Crippen LogP contribution in [-0.2, 0) is 6.42 Å². The number of benzene rings is 2. The quantitative estimate of drug-likeness (QED) is 0.767. The lowest BCUT2D eigenvalue weighted by Gasteiger charge is -2.24. The summed E-state index contributed by atoms with van der Waals surface area (Å²) in [4.78, 5) is 0. The van der Waals surface area contributed by atoms with Crippen LogP contribution >= 0.6 is 0 Å². The molecule has 0 spiro atoms. The van der Waals surface area contributed by atoms with E-state index in [2.05, 4.69) is 66.9 Å². The van der Waals surface area contributed by atoms with Gasteiger partial charge in [0.2, 0.25) is 0 Å². The van der Waals surface area contributed by atoms with Crippen molar-refractivity contribution in [3.8, 4) is 0 Å². The molecule has 96 valence electrons. The molecule has 2 aromatic carbocycles. The number of fused-ring (bicyclic) bond motifs is 1. The Labute approximate surface area is 115 Å². The predicted molar refractivity (Wildman–Crippen MR) is 83.2 cm³/mol. The minimum Gasteiger partial charge on any atom is -0.382 e. The Hall–Kier alpha value is -2.02. The molecule has 19 heavy (non-hydrogen) atoms. The zero-order valence-corrected chi connectivity index (χ0v) is 11.3. The molecule has 0 aliphatic carbocycles. The van der Waals surface area contributed by atoms with Gasteiger partial charge in [0.1, 0.15) is 0 Å². The second kappa shape index (κ2) is 5.31. The normalized spacial score (nSPS) is 18.1. The van der Waals surface area contributed by atoms with Gasteiger partial charge in [-0.25, -0.2) is 0 Å². The first kappa shape index (κ1) is 12.0. The highest BCUT2D eigenvalue weighted by Gasteiger charge is 2.13. The van der Waals surface area contributed by atoms with E-state index in [-0.39, 0.29) is 0 Å². The molecule has 0 unspecified atom stereocenters. The van der Waals surface area contributed by atoms with E-state index < -0.39 is 0 Å². The molecule has 0 saturated heterocycles. The Morgan fingerprint density at radius 2 is 1.79 bits per heavy atom. The van der Waals surface area contributed by atoms with Crippen LogP contribution in [0.15, 0.2) is 48.5 Å². The number of hydrogen-bond acceptors (Lipinski definition) is 1. The highest BCUT2D eigenvalue weighted by Crippen LogP contribution is 2.26. The summed E-state index contributed by atoms with van der Waals surface area (Å²) in [5.74, 6) is 0. The minimum absolute atomic E-state index is 0.596. The first-order chi connectivity index (χ1) is 9.31. The number of nitrogens with one attached hydrogen (secondary N) is 1. The van der Waals surface area contributed by atoms with Crippen LogP contribution in [0.1, 0.15) is 30.0 Å². The Morgan fingerprint density at radius 3 is 2.63 bits per heavy atom. The highest BCUT2D eigenvalue weighted by atomic mass is 14.9. The van der Waals surface area contributed by atoms with Crippen molar-refractivity contribution in [3.05, 3.63) is 65.2 Å². The fraction of sp³-hybridized carbons (Fsp3) is 0.222. The fourth-order valence-electron chi connectivity index (χ4n) is 2.53. The third-order valence-corrected chi connectivity index (χ3v) is 3.65. The highest BCUT2D eigenvalue weighted by molar-refractivity contribution is 5.71. The van der Waals surface area contributed by atoms with Crippen LogP contribution in [-0.4, -0.2) is 6.04 Å². The molecule has 0 amide bonds. The van der Waals surface area contributed by atoms with Crippen LogP contribution in [0.2, 0.25) is 0 Å². The van der Waals surface area contributed by atoms with E-state index in [0.717, 1.165) is 0 Å². The number of aryl methyl sites for hydroxylation is 1. The van der Waals surface area contributed by atoms with Crippen LogP contribution in [0.4, 0.5) is 5.69 Å². The SMILES string of the molecule is C[C@H]1CCc2cc(/C=C/c3ccccc3)ccc2N1. The molecule has 1 aliphatic rings. The number of rotatable bonds is 2. The maximum atomic E-state index is 3.54. The van der Waals surface area contributed by atoms with E-state index in [0.29, 0.717) is 6.04 Å². The van der Waals surface area contributed by atoms with Gasteiger partial charge in [0, 0.05) is 11.7 Å². The van der Waals surface area contributed by atoms with Gasteiger partial charge in [0.25, 0.3) is 0 Å². The number of anilines is 1. The Bertz CT molecular complexity index is 584. The molecule has 0 aromatic heterocycles. The van der Waals surface area contributed by atoms with Crippen LogP contribution in [0.5, 0.6) is 0 Å². The van der Waals surface area contributed by atoms with Gasteiger partial charge in [-0.3, -0.25) is 0 Å². The average molecular weight is 249 g/mol. The average Bonchev–Trinajstić information content (AvgIpc) is 2.46. The largest absolute Gasteiger partial charge is 0.382 e. The third kappa shape index (κ3) is 2.87. The maximum Gasteiger partial charge on any atom is 0.0375 e. The van der Waals surface area contributed by atoms with Crippen molar-refractivity contribution in [1.82, 2.24) is 0 Å². The molecule has 0 radical (unpaired) electrons. The first-order valence-electron chi connectivity index (χ1n) is 6.94. The van der Waals surface area contributed by atoms with Crippen molar-refractivity contribution < 1.29 is 0 Å². The van der Waals surface area contributed by atoms with Gasteiger partial charge in [0.05, 0.1) is 0 Å². The van der Waals surface area contributed by atoms with Crippen molar-refractivity contribution in [2.24, 2.45) is 0 Å². The Morgan fingerprint density at radius 1 is 1.00 bits per heavy atom. The fourth-order valence-corrected chi connectivity index (χ4v) is 2.53. The molecule has 0 fully saturated rings. The van der Waals surface area contributed by atoms with E-state index in [1.54, 1.807) is 0 Å². The van der Waals surface area contributed by atoms with Gasteiger partial charge in [-0.05, 0) is 48.6 Å². The van der Waals surface area contributed by atoms with Gasteiger partial charge < -0.3 is 5.32 Å². The number of hydrogen-bond donors (Lipinski definition) is 1. The zero-order chi connectivity index (χ0) is 13.1. The van der Waals surface area contributed by atoms with Crippen LogP contribution in [0, 0.1) is 0 Å². The lowest BCUT2D eigenvalue weighted by atomic mass is 9.97.